The normalized spacial score (nSPS) is 9.07. The van der Waals surface area contributed by atoms with Crippen LogP contribution in [-0.2, 0) is 4.79 Å². The van der Waals surface area contributed by atoms with E-state index in [4.69, 9.17) is 5.73 Å². The first-order chi connectivity index (χ1) is 7.18. The first kappa shape index (κ1) is 11.0. The SMILES string of the molecule is NC(=O)CCCC#Cc1cnc(=O)[nH]c1. The number of aromatic amines is 1. The summed E-state index contributed by atoms with van der Waals surface area (Å²) in [5, 5.41) is 0. The lowest BCUT2D eigenvalue weighted by molar-refractivity contribution is -0.118. The molecule has 0 aliphatic rings. The molecule has 0 unspecified atom stereocenters. The second kappa shape index (κ2) is 5.60. The van der Waals surface area contributed by atoms with Crippen molar-refractivity contribution in [3.63, 3.8) is 0 Å². The number of H-pyrrole nitrogens is 1. The van der Waals surface area contributed by atoms with Gasteiger partial charge in [0.2, 0.25) is 5.91 Å². The molecule has 0 bridgehead atoms. The molecule has 0 aliphatic heterocycles. The first-order valence-electron chi connectivity index (χ1n) is 4.50. The Hall–Kier alpha value is -2.09. The summed E-state index contributed by atoms with van der Waals surface area (Å²) in [6.45, 7) is 0. The third kappa shape index (κ3) is 4.62. The van der Waals surface area contributed by atoms with Gasteiger partial charge in [0.25, 0.3) is 0 Å². The van der Waals surface area contributed by atoms with Gasteiger partial charge in [0, 0.05) is 25.2 Å². The Morgan fingerprint density at radius 3 is 3.00 bits per heavy atom. The van der Waals surface area contributed by atoms with Crippen LogP contribution in [0.5, 0.6) is 0 Å². The lowest BCUT2D eigenvalue weighted by atomic mass is 10.2. The average Bonchev–Trinajstić information content (AvgIpc) is 2.20. The number of carbonyl (C=O) groups excluding carboxylic acids is 1. The van der Waals surface area contributed by atoms with Crippen LogP contribution in [0.1, 0.15) is 24.8 Å². The van der Waals surface area contributed by atoms with Crippen molar-refractivity contribution < 1.29 is 4.79 Å². The van der Waals surface area contributed by atoms with E-state index < -0.39 is 5.69 Å². The van der Waals surface area contributed by atoms with Crippen molar-refractivity contribution in [3.05, 3.63) is 28.4 Å². The maximum Gasteiger partial charge on any atom is 0.344 e. The minimum absolute atomic E-state index is 0.317. The van der Waals surface area contributed by atoms with E-state index in [1.807, 2.05) is 0 Å². The van der Waals surface area contributed by atoms with Gasteiger partial charge in [-0.05, 0) is 6.42 Å². The molecule has 0 radical (unpaired) electrons. The van der Waals surface area contributed by atoms with Crippen LogP contribution < -0.4 is 11.4 Å². The topological polar surface area (TPSA) is 88.8 Å². The number of amides is 1. The summed E-state index contributed by atoms with van der Waals surface area (Å²) in [4.78, 5) is 26.9. The van der Waals surface area contributed by atoms with E-state index in [-0.39, 0.29) is 5.91 Å². The molecule has 0 aliphatic carbocycles. The Labute approximate surface area is 86.7 Å². The summed E-state index contributed by atoms with van der Waals surface area (Å²) in [6, 6.07) is 0. The number of unbranched alkanes of at least 4 members (excludes halogenated alkanes) is 1. The van der Waals surface area contributed by atoms with Crippen LogP contribution in [0.15, 0.2) is 17.2 Å². The number of nitrogens with two attached hydrogens (primary N) is 1. The molecule has 1 aromatic heterocycles. The maximum absolute atomic E-state index is 10.6. The monoisotopic (exact) mass is 205 g/mol. The maximum atomic E-state index is 10.6. The zero-order valence-corrected chi connectivity index (χ0v) is 8.12. The summed E-state index contributed by atoms with van der Waals surface area (Å²) in [6.07, 6.45) is 4.50. The lowest BCUT2D eigenvalue weighted by Crippen LogP contribution is -2.09. The summed E-state index contributed by atoms with van der Waals surface area (Å²) < 4.78 is 0. The van der Waals surface area contributed by atoms with Gasteiger partial charge in [-0.25, -0.2) is 9.78 Å². The molecule has 15 heavy (non-hydrogen) atoms. The van der Waals surface area contributed by atoms with Crippen LogP contribution in [0.4, 0.5) is 0 Å². The van der Waals surface area contributed by atoms with E-state index in [0.717, 1.165) is 0 Å². The molecule has 0 aromatic carbocycles. The minimum Gasteiger partial charge on any atom is -0.370 e. The highest BCUT2D eigenvalue weighted by molar-refractivity contribution is 5.73. The molecule has 0 atom stereocenters. The first-order valence-corrected chi connectivity index (χ1v) is 4.50. The Balaban J connectivity index is 2.41. The van der Waals surface area contributed by atoms with Crippen molar-refractivity contribution in [3.8, 4) is 11.8 Å². The molecule has 0 spiro atoms. The highest BCUT2D eigenvalue weighted by Gasteiger charge is 1.91. The smallest absolute Gasteiger partial charge is 0.344 e. The number of aromatic nitrogens is 2. The van der Waals surface area contributed by atoms with Crippen LogP contribution in [-0.4, -0.2) is 15.9 Å². The van der Waals surface area contributed by atoms with E-state index in [1.165, 1.54) is 12.4 Å². The van der Waals surface area contributed by atoms with Crippen molar-refractivity contribution in [2.24, 2.45) is 5.73 Å². The fourth-order valence-corrected chi connectivity index (χ4v) is 0.926. The number of hydrogen-bond acceptors (Lipinski definition) is 3. The van der Waals surface area contributed by atoms with Crippen molar-refractivity contribution >= 4 is 5.91 Å². The van der Waals surface area contributed by atoms with Crippen LogP contribution >= 0.6 is 0 Å². The highest BCUT2D eigenvalue weighted by atomic mass is 16.1. The molecule has 1 heterocycles. The molecule has 3 N–H and O–H groups in total. The second-order valence-electron chi connectivity index (χ2n) is 2.93. The molecule has 0 fully saturated rings. The van der Waals surface area contributed by atoms with E-state index in [9.17, 15) is 9.59 Å². The summed E-state index contributed by atoms with van der Waals surface area (Å²) in [5.41, 5.74) is 5.22. The predicted molar refractivity (Wildman–Crippen MR) is 54.8 cm³/mol. The molecule has 0 saturated carbocycles. The predicted octanol–water partition coefficient (Wildman–Crippen LogP) is -0.223. The number of hydrogen-bond donors (Lipinski definition) is 2. The van der Waals surface area contributed by atoms with Crippen LogP contribution in [0.2, 0.25) is 0 Å². The van der Waals surface area contributed by atoms with Crippen LogP contribution in [0, 0.1) is 11.8 Å². The largest absolute Gasteiger partial charge is 0.370 e. The molecule has 1 rings (SSSR count). The molecular formula is C10H11N3O2. The van der Waals surface area contributed by atoms with Crippen LogP contribution in [0.3, 0.4) is 0 Å². The highest BCUT2D eigenvalue weighted by Crippen LogP contribution is 1.93. The van der Waals surface area contributed by atoms with Crippen molar-refractivity contribution in [2.75, 3.05) is 0 Å². The van der Waals surface area contributed by atoms with Gasteiger partial charge in [-0.1, -0.05) is 11.8 Å². The molecule has 1 amide bonds. The second-order valence-corrected chi connectivity index (χ2v) is 2.93. The standard InChI is InChI=1S/C10H11N3O2/c11-9(14)5-3-1-2-4-8-6-12-10(15)13-7-8/h6-7H,1,3,5H2,(H2,11,14)(H,12,13,15). The van der Waals surface area contributed by atoms with E-state index in [2.05, 4.69) is 21.8 Å². The molecule has 78 valence electrons. The summed E-state index contributed by atoms with van der Waals surface area (Å²) in [7, 11) is 0. The summed E-state index contributed by atoms with van der Waals surface area (Å²) in [5.74, 6) is 5.35. The average molecular weight is 205 g/mol. The van der Waals surface area contributed by atoms with Crippen molar-refractivity contribution in [2.45, 2.75) is 19.3 Å². The van der Waals surface area contributed by atoms with E-state index in [0.29, 0.717) is 24.8 Å². The Morgan fingerprint density at radius 2 is 2.40 bits per heavy atom. The third-order valence-corrected chi connectivity index (χ3v) is 1.63. The molecular weight excluding hydrogens is 194 g/mol. The van der Waals surface area contributed by atoms with Crippen LogP contribution in [0.25, 0.3) is 0 Å². The zero-order valence-electron chi connectivity index (χ0n) is 8.12. The van der Waals surface area contributed by atoms with E-state index in [1.54, 1.807) is 0 Å². The number of carbonyl (C=O) groups is 1. The molecule has 5 heteroatoms. The van der Waals surface area contributed by atoms with Gasteiger partial charge in [0.15, 0.2) is 0 Å². The Kier molecular flexibility index (Phi) is 4.10. The van der Waals surface area contributed by atoms with Crippen molar-refractivity contribution in [1.29, 1.82) is 0 Å². The molecule has 5 nitrogen and oxygen atoms in total. The number of primary amides is 1. The van der Waals surface area contributed by atoms with E-state index >= 15 is 0 Å². The van der Waals surface area contributed by atoms with Gasteiger partial charge < -0.3 is 10.7 Å². The van der Waals surface area contributed by atoms with Gasteiger partial charge in [0.05, 0.1) is 5.56 Å². The fourth-order valence-electron chi connectivity index (χ4n) is 0.926. The number of nitrogens with zero attached hydrogens (tertiary/aromatic N) is 1. The molecule has 1 aromatic rings. The Morgan fingerprint density at radius 1 is 1.60 bits per heavy atom. The van der Waals surface area contributed by atoms with Gasteiger partial charge in [-0.3, -0.25) is 4.79 Å². The van der Waals surface area contributed by atoms with Gasteiger partial charge in [-0.15, -0.1) is 0 Å². The van der Waals surface area contributed by atoms with Gasteiger partial charge >= 0.3 is 5.69 Å². The zero-order chi connectivity index (χ0) is 11.1. The number of rotatable bonds is 3. The van der Waals surface area contributed by atoms with Gasteiger partial charge in [-0.2, -0.15) is 0 Å². The molecule has 0 saturated heterocycles. The summed E-state index contributed by atoms with van der Waals surface area (Å²) >= 11 is 0. The fraction of sp³-hybridized carbons (Fsp3) is 0.300. The third-order valence-electron chi connectivity index (χ3n) is 1.63. The van der Waals surface area contributed by atoms with Gasteiger partial charge in [0.1, 0.15) is 0 Å². The minimum atomic E-state index is -0.394. The van der Waals surface area contributed by atoms with Crippen molar-refractivity contribution in [1.82, 2.24) is 9.97 Å². The lowest BCUT2D eigenvalue weighted by Gasteiger charge is -1.89. The number of nitrogens with one attached hydrogen (secondary N) is 1. The Bertz CT molecular complexity index is 433. The quantitative estimate of drug-likeness (QED) is 0.528.